The first-order chi connectivity index (χ1) is 8.52. The second kappa shape index (κ2) is 9.45. The van der Waals surface area contributed by atoms with Gasteiger partial charge in [-0.25, -0.2) is 4.99 Å². The number of nitrogens with zero attached hydrogens (tertiary/aromatic N) is 4. The largest absolute Gasteiger partial charge is 0.349 e. The number of guanidine groups is 1. The Morgan fingerprint density at radius 2 is 1.89 bits per heavy atom. The first kappa shape index (κ1) is 16.4. The van der Waals surface area contributed by atoms with Crippen molar-refractivity contribution in [2.75, 3.05) is 34.7 Å². The van der Waals surface area contributed by atoms with E-state index in [9.17, 15) is 0 Å². The molecule has 1 atom stereocenters. The molecule has 0 spiro atoms. The fourth-order valence-electron chi connectivity index (χ4n) is 1.32. The van der Waals surface area contributed by atoms with E-state index in [1.165, 1.54) is 0 Å². The lowest BCUT2D eigenvalue weighted by Crippen LogP contribution is -2.37. The van der Waals surface area contributed by atoms with E-state index in [1.807, 2.05) is 38.3 Å². The Bertz CT molecular complexity index is 327. The average molecular weight is 250 g/mol. The molecule has 0 saturated carbocycles. The summed E-state index contributed by atoms with van der Waals surface area (Å²) in [6.07, 6.45) is 9.73. The van der Waals surface area contributed by atoms with Crippen LogP contribution in [-0.4, -0.2) is 56.7 Å². The average Bonchev–Trinajstić information content (AvgIpc) is 2.33. The predicted molar refractivity (Wildman–Crippen MR) is 81.3 cm³/mol. The Balaban J connectivity index is 4.56. The van der Waals surface area contributed by atoms with Gasteiger partial charge in [0.2, 0.25) is 0 Å². The zero-order chi connectivity index (χ0) is 14.0. The summed E-state index contributed by atoms with van der Waals surface area (Å²) in [6.45, 7) is 5.16. The van der Waals surface area contributed by atoms with Crippen LogP contribution in [0.25, 0.3) is 0 Å². The number of allylic oxidation sites excluding steroid dienone is 3. The quantitative estimate of drug-likeness (QED) is 0.553. The van der Waals surface area contributed by atoms with E-state index in [0.717, 1.165) is 12.5 Å². The molecule has 0 aliphatic rings. The van der Waals surface area contributed by atoms with Crippen molar-refractivity contribution in [3.05, 3.63) is 24.4 Å². The highest BCUT2D eigenvalue weighted by molar-refractivity contribution is 5.79. The summed E-state index contributed by atoms with van der Waals surface area (Å²) in [7, 11) is 7.80. The normalized spacial score (nSPS) is 14.9. The summed E-state index contributed by atoms with van der Waals surface area (Å²) in [5.74, 6) is 1.31. The van der Waals surface area contributed by atoms with E-state index in [1.54, 1.807) is 13.3 Å². The smallest absolute Gasteiger partial charge is 0.200 e. The van der Waals surface area contributed by atoms with Crippen molar-refractivity contribution in [2.45, 2.75) is 13.8 Å². The molecule has 102 valence electrons. The van der Waals surface area contributed by atoms with E-state index in [0.29, 0.717) is 5.92 Å². The molecule has 0 aromatic rings. The Labute approximate surface area is 111 Å². The highest BCUT2D eigenvalue weighted by Crippen LogP contribution is 2.00. The number of rotatable bonds is 5. The molecule has 0 aromatic carbocycles. The summed E-state index contributed by atoms with van der Waals surface area (Å²) < 4.78 is 0. The first-order valence-electron chi connectivity index (χ1n) is 6.24. The van der Waals surface area contributed by atoms with E-state index >= 15 is 0 Å². The van der Waals surface area contributed by atoms with Crippen molar-refractivity contribution < 1.29 is 0 Å². The fraction of sp³-hybridized carbons (Fsp3) is 0.571. The van der Waals surface area contributed by atoms with Crippen LogP contribution in [0, 0.1) is 5.92 Å². The molecule has 0 amide bonds. The Morgan fingerprint density at radius 1 is 1.22 bits per heavy atom. The van der Waals surface area contributed by atoms with Gasteiger partial charge in [-0.05, 0) is 18.9 Å². The highest BCUT2D eigenvalue weighted by Gasteiger charge is 2.04. The number of hydrogen-bond donors (Lipinski definition) is 0. The molecule has 0 saturated heterocycles. The summed E-state index contributed by atoms with van der Waals surface area (Å²) in [4.78, 5) is 12.5. The van der Waals surface area contributed by atoms with Gasteiger partial charge in [0.05, 0.1) is 0 Å². The molecule has 0 N–H and O–H groups in total. The Hall–Kier alpha value is -1.58. The third kappa shape index (κ3) is 6.89. The second-order valence-electron chi connectivity index (χ2n) is 4.33. The molecule has 0 bridgehead atoms. The van der Waals surface area contributed by atoms with Crippen LogP contribution < -0.4 is 0 Å². The minimum absolute atomic E-state index is 0.349. The van der Waals surface area contributed by atoms with Gasteiger partial charge in [-0.2, -0.15) is 0 Å². The summed E-state index contributed by atoms with van der Waals surface area (Å²) in [6, 6.07) is 0. The molecule has 0 aliphatic carbocycles. The highest BCUT2D eigenvalue weighted by atomic mass is 15.3. The van der Waals surface area contributed by atoms with Gasteiger partial charge < -0.3 is 9.80 Å². The van der Waals surface area contributed by atoms with Crippen LogP contribution in [0.4, 0.5) is 0 Å². The lowest BCUT2D eigenvalue weighted by Gasteiger charge is -2.24. The molecular weight excluding hydrogens is 224 g/mol. The van der Waals surface area contributed by atoms with E-state index in [2.05, 4.69) is 40.9 Å². The van der Waals surface area contributed by atoms with Gasteiger partial charge in [-0.15, -0.1) is 0 Å². The van der Waals surface area contributed by atoms with Crippen LogP contribution in [0.3, 0.4) is 0 Å². The summed E-state index contributed by atoms with van der Waals surface area (Å²) in [5.41, 5.74) is 0. The van der Waals surface area contributed by atoms with Gasteiger partial charge in [0.25, 0.3) is 0 Å². The van der Waals surface area contributed by atoms with Crippen molar-refractivity contribution in [1.82, 2.24) is 9.80 Å². The molecule has 4 heteroatoms. The zero-order valence-corrected chi connectivity index (χ0v) is 12.5. The van der Waals surface area contributed by atoms with E-state index < -0.39 is 0 Å². The molecule has 0 aromatic heterocycles. The maximum Gasteiger partial charge on any atom is 0.200 e. The van der Waals surface area contributed by atoms with E-state index in [-0.39, 0.29) is 0 Å². The van der Waals surface area contributed by atoms with Crippen LogP contribution in [0.2, 0.25) is 0 Å². The topological polar surface area (TPSA) is 31.2 Å². The molecule has 1 unspecified atom stereocenters. The van der Waals surface area contributed by atoms with E-state index in [4.69, 9.17) is 0 Å². The van der Waals surface area contributed by atoms with Crippen molar-refractivity contribution >= 4 is 12.2 Å². The van der Waals surface area contributed by atoms with Crippen molar-refractivity contribution in [3.8, 4) is 0 Å². The van der Waals surface area contributed by atoms with Crippen molar-refractivity contribution in [3.63, 3.8) is 0 Å². The molecule has 0 fully saturated rings. The van der Waals surface area contributed by atoms with Gasteiger partial charge in [0, 0.05) is 47.1 Å². The van der Waals surface area contributed by atoms with Crippen LogP contribution in [-0.2, 0) is 0 Å². The minimum atomic E-state index is 0.349. The molecule has 0 rings (SSSR count). The van der Waals surface area contributed by atoms with Crippen LogP contribution in [0.15, 0.2) is 34.4 Å². The lowest BCUT2D eigenvalue weighted by atomic mass is 10.1. The fourth-order valence-corrected chi connectivity index (χ4v) is 1.32. The van der Waals surface area contributed by atoms with Crippen LogP contribution in [0.5, 0.6) is 0 Å². The van der Waals surface area contributed by atoms with Crippen LogP contribution >= 0.6 is 0 Å². The summed E-state index contributed by atoms with van der Waals surface area (Å²) in [5, 5.41) is 0. The van der Waals surface area contributed by atoms with Gasteiger partial charge in [-0.3, -0.25) is 4.99 Å². The molecular formula is C14H26N4. The molecule has 0 heterocycles. The third-order valence-corrected chi connectivity index (χ3v) is 2.45. The van der Waals surface area contributed by atoms with Gasteiger partial charge >= 0.3 is 0 Å². The predicted octanol–water partition coefficient (Wildman–Crippen LogP) is 2.26. The number of hydrogen-bond acceptors (Lipinski definition) is 2. The molecule has 0 aliphatic heterocycles. The minimum Gasteiger partial charge on any atom is -0.349 e. The monoisotopic (exact) mass is 250 g/mol. The van der Waals surface area contributed by atoms with Gasteiger partial charge in [0.1, 0.15) is 0 Å². The first-order valence-corrected chi connectivity index (χ1v) is 6.24. The lowest BCUT2D eigenvalue weighted by molar-refractivity contribution is 0.441. The van der Waals surface area contributed by atoms with Crippen molar-refractivity contribution in [1.29, 1.82) is 0 Å². The SMILES string of the molecule is CCN(C)C(=N/C=C/C(C)/C=C\C=NC)N(C)C. The van der Waals surface area contributed by atoms with Crippen molar-refractivity contribution in [2.24, 2.45) is 15.9 Å². The molecule has 18 heavy (non-hydrogen) atoms. The number of aliphatic imine (C=N–C) groups is 2. The standard InChI is InChI=1S/C14H26N4/c1-7-18(6)14(17(4)5)16-12-10-13(2)9-8-11-15-3/h8-13H,7H2,1-6H3/b9-8-,12-10+,15-11?,16-14?. The zero-order valence-electron chi connectivity index (χ0n) is 12.5. The maximum absolute atomic E-state index is 4.48. The van der Waals surface area contributed by atoms with Gasteiger partial charge in [-0.1, -0.05) is 19.1 Å². The van der Waals surface area contributed by atoms with Gasteiger partial charge in [0.15, 0.2) is 5.96 Å². The molecule has 0 radical (unpaired) electrons. The molecule has 4 nitrogen and oxygen atoms in total. The maximum atomic E-state index is 4.48. The summed E-state index contributed by atoms with van der Waals surface area (Å²) >= 11 is 0. The Morgan fingerprint density at radius 3 is 2.39 bits per heavy atom. The Kier molecular flexibility index (Phi) is 8.62. The second-order valence-corrected chi connectivity index (χ2v) is 4.33. The van der Waals surface area contributed by atoms with Crippen LogP contribution in [0.1, 0.15) is 13.8 Å². The third-order valence-electron chi connectivity index (χ3n) is 2.45.